The number of aromatic nitrogens is 2. The third-order valence-corrected chi connectivity index (χ3v) is 2.44. The first kappa shape index (κ1) is 13.4. The van der Waals surface area contributed by atoms with Crippen LogP contribution in [0.3, 0.4) is 0 Å². The molecule has 1 heterocycles. The monoisotopic (exact) mass is 251 g/mol. The number of nitrogens with two attached hydrogens (primary N) is 1. The van der Waals surface area contributed by atoms with Gasteiger partial charge in [-0.15, -0.1) is 0 Å². The zero-order valence-corrected chi connectivity index (χ0v) is 10.9. The molecule has 0 amide bonds. The predicted molar refractivity (Wildman–Crippen MR) is 73.6 cm³/mol. The maximum atomic E-state index is 5.23. The van der Waals surface area contributed by atoms with Crippen LogP contribution in [0.2, 0.25) is 0 Å². The van der Waals surface area contributed by atoms with Crippen molar-refractivity contribution in [3.8, 4) is 0 Å². The van der Waals surface area contributed by atoms with Crippen LogP contribution < -0.4 is 11.1 Å². The summed E-state index contributed by atoms with van der Waals surface area (Å²) in [6.45, 7) is 5.32. The van der Waals surface area contributed by atoms with Crippen LogP contribution >= 0.6 is 11.5 Å². The van der Waals surface area contributed by atoms with Crippen LogP contribution in [0.4, 0.5) is 5.95 Å². The Morgan fingerprint density at radius 2 is 2.41 bits per heavy atom. The predicted octanol–water partition coefficient (Wildman–Crippen LogP) is 1.75. The van der Waals surface area contributed by atoms with Crippen molar-refractivity contribution in [2.75, 3.05) is 18.4 Å². The summed E-state index contributed by atoms with van der Waals surface area (Å²) >= 11 is 1.39. The highest BCUT2D eigenvalue weighted by Gasteiger charge is 1.96. The molecule has 1 aromatic heterocycles. The molecule has 0 unspecified atom stereocenters. The first-order chi connectivity index (χ1) is 8.22. The first-order valence-corrected chi connectivity index (χ1v) is 6.09. The summed E-state index contributed by atoms with van der Waals surface area (Å²) < 4.78 is 4.12. The second kappa shape index (κ2) is 7.56. The Hall–Kier alpha value is -1.69. The number of allylic oxidation sites excluding steroid dienone is 3. The van der Waals surface area contributed by atoms with E-state index in [1.807, 2.05) is 26.1 Å². The van der Waals surface area contributed by atoms with Gasteiger partial charge in [0.2, 0.25) is 5.95 Å². The van der Waals surface area contributed by atoms with E-state index in [0.29, 0.717) is 12.5 Å². The molecule has 92 valence electrons. The average Bonchev–Trinajstić information content (AvgIpc) is 2.72. The average molecular weight is 251 g/mol. The highest BCUT2D eigenvalue weighted by molar-refractivity contribution is 7.05. The number of nitrogens with zero attached hydrogens (tertiary/aromatic N) is 3. The summed E-state index contributed by atoms with van der Waals surface area (Å²) in [6, 6.07) is 0. The van der Waals surface area contributed by atoms with Gasteiger partial charge in [0.25, 0.3) is 0 Å². The van der Waals surface area contributed by atoms with Gasteiger partial charge >= 0.3 is 0 Å². The fourth-order valence-electron chi connectivity index (χ4n) is 1.06. The molecule has 0 fully saturated rings. The molecule has 0 radical (unpaired) electrons. The van der Waals surface area contributed by atoms with Gasteiger partial charge in [-0.1, -0.05) is 6.08 Å². The van der Waals surface area contributed by atoms with E-state index in [4.69, 9.17) is 5.73 Å². The third-order valence-electron chi connectivity index (χ3n) is 1.82. The SMILES string of the molecule is CC(/C=N\CCNc1nsc(C)n1)=C/C=C/N. The Balaban J connectivity index is 2.22. The van der Waals surface area contributed by atoms with Crippen molar-refractivity contribution in [3.05, 3.63) is 28.9 Å². The molecule has 0 atom stereocenters. The highest BCUT2D eigenvalue weighted by Crippen LogP contribution is 2.05. The number of aliphatic imine (C=N–C) groups is 1. The quantitative estimate of drug-likeness (QED) is 0.459. The summed E-state index contributed by atoms with van der Waals surface area (Å²) in [5, 5.41) is 4.06. The first-order valence-electron chi connectivity index (χ1n) is 5.31. The standard InChI is InChI=1S/C11H17N5S/c1-9(4-3-5-12)8-13-6-7-14-11-15-10(2)17-16-11/h3-5,8H,6-7,12H2,1-2H3,(H,14,16)/b5-3+,9-4-,13-8-. The number of anilines is 1. The Morgan fingerprint density at radius 3 is 3.06 bits per heavy atom. The van der Waals surface area contributed by atoms with Crippen molar-refractivity contribution in [1.82, 2.24) is 9.36 Å². The van der Waals surface area contributed by atoms with Crippen molar-refractivity contribution in [2.45, 2.75) is 13.8 Å². The number of rotatable bonds is 6. The van der Waals surface area contributed by atoms with E-state index in [1.54, 1.807) is 6.08 Å². The molecule has 5 nitrogen and oxygen atoms in total. The van der Waals surface area contributed by atoms with E-state index in [9.17, 15) is 0 Å². The van der Waals surface area contributed by atoms with Crippen molar-refractivity contribution in [2.24, 2.45) is 10.7 Å². The van der Waals surface area contributed by atoms with Crippen LogP contribution in [0.5, 0.6) is 0 Å². The molecule has 0 aromatic carbocycles. The van der Waals surface area contributed by atoms with Crippen molar-refractivity contribution in [1.29, 1.82) is 0 Å². The number of nitrogens with one attached hydrogen (secondary N) is 1. The lowest BCUT2D eigenvalue weighted by Gasteiger charge is -1.97. The van der Waals surface area contributed by atoms with Gasteiger partial charge in [0.1, 0.15) is 5.01 Å². The summed E-state index contributed by atoms with van der Waals surface area (Å²) in [5.74, 6) is 0.682. The summed E-state index contributed by atoms with van der Waals surface area (Å²) in [5.41, 5.74) is 6.29. The number of aryl methyl sites for hydroxylation is 1. The topological polar surface area (TPSA) is 76.2 Å². The molecule has 0 spiro atoms. The van der Waals surface area contributed by atoms with Gasteiger partial charge in [-0.2, -0.15) is 4.37 Å². The lowest BCUT2D eigenvalue weighted by molar-refractivity contribution is 1.01. The maximum Gasteiger partial charge on any atom is 0.234 e. The molecule has 1 aromatic rings. The Bertz CT molecular complexity index is 419. The van der Waals surface area contributed by atoms with Crippen molar-refractivity contribution < 1.29 is 0 Å². The molecular weight excluding hydrogens is 234 g/mol. The fourth-order valence-corrected chi connectivity index (χ4v) is 1.51. The fraction of sp³-hybridized carbons (Fsp3) is 0.364. The van der Waals surface area contributed by atoms with E-state index in [0.717, 1.165) is 17.1 Å². The van der Waals surface area contributed by atoms with Gasteiger partial charge < -0.3 is 11.1 Å². The minimum absolute atomic E-state index is 0.682. The van der Waals surface area contributed by atoms with Crippen LogP contribution in [-0.4, -0.2) is 28.7 Å². The Labute approximate surface area is 105 Å². The summed E-state index contributed by atoms with van der Waals surface area (Å²) in [7, 11) is 0. The van der Waals surface area contributed by atoms with Crippen LogP contribution in [0.15, 0.2) is 28.9 Å². The minimum Gasteiger partial charge on any atom is -0.405 e. The number of hydrogen-bond acceptors (Lipinski definition) is 6. The number of hydrogen-bond donors (Lipinski definition) is 2. The van der Waals surface area contributed by atoms with Gasteiger partial charge in [-0.05, 0) is 43.2 Å². The lowest BCUT2D eigenvalue weighted by atomic mass is 10.3. The molecule has 0 saturated heterocycles. The molecule has 6 heteroatoms. The molecule has 1 rings (SSSR count). The second-order valence-corrected chi connectivity index (χ2v) is 4.35. The van der Waals surface area contributed by atoms with Crippen LogP contribution in [0.1, 0.15) is 11.9 Å². The zero-order chi connectivity index (χ0) is 12.5. The van der Waals surface area contributed by atoms with Crippen LogP contribution in [-0.2, 0) is 0 Å². The Morgan fingerprint density at radius 1 is 1.59 bits per heavy atom. The van der Waals surface area contributed by atoms with E-state index < -0.39 is 0 Å². The van der Waals surface area contributed by atoms with E-state index >= 15 is 0 Å². The molecule has 0 aliphatic rings. The van der Waals surface area contributed by atoms with E-state index in [2.05, 4.69) is 19.7 Å². The Kier molecular flexibility index (Phi) is 5.95. The second-order valence-electron chi connectivity index (χ2n) is 3.39. The van der Waals surface area contributed by atoms with Gasteiger partial charge in [0.15, 0.2) is 0 Å². The summed E-state index contributed by atoms with van der Waals surface area (Å²) in [4.78, 5) is 8.46. The molecule has 0 saturated carbocycles. The zero-order valence-electron chi connectivity index (χ0n) is 10.1. The molecule has 0 aliphatic carbocycles. The van der Waals surface area contributed by atoms with Crippen LogP contribution in [0, 0.1) is 6.92 Å². The maximum absolute atomic E-state index is 5.23. The van der Waals surface area contributed by atoms with Gasteiger partial charge in [-0.25, -0.2) is 4.98 Å². The molecule has 0 aliphatic heterocycles. The van der Waals surface area contributed by atoms with Crippen molar-refractivity contribution in [3.63, 3.8) is 0 Å². The van der Waals surface area contributed by atoms with Gasteiger partial charge in [-0.3, -0.25) is 4.99 Å². The minimum atomic E-state index is 0.682. The molecular formula is C11H17N5S. The molecule has 3 N–H and O–H groups in total. The van der Waals surface area contributed by atoms with Gasteiger partial charge in [0, 0.05) is 12.8 Å². The lowest BCUT2D eigenvalue weighted by Crippen LogP contribution is -2.06. The summed E-state index contributed by atoms with van der Waals surface area (Å²) in [6.07, 6.45) is 7.00. The van der Waals surface area contributed by atoms with E-state index in [1.165, 1.54) is 17.7 Å². The largest absolute Gasteiger partial charge is 0.405 e. The molecule has 0 bridgehead atoms. The normalized spacial score (nSPS) is 12.7. The van der Waals surface area contributed by atoms with Gasteiger partial charge in [0.05, 0.1) is 6.54 Å². The van der Waals surface area contributed by atoms with E-state index in [-0.39, 0.29) is 0 Å². The smallest absolute Gasteiger partial charge is 0.234 e. The van der Waals surface area contributed by atoms with Crippen LogP contribution in [0.25, 0.3) is 0 Å². The highest BCUT2D eigenvalue weighted by atomic mass is 32.1. The molecule has 17 heavy (non-hydrogen) atoms. The van der Waals surface area contributed by atoms with Crippen molar-refractivity contribution >= 4 is 23.7 Å². The third kappa shape index (κ3) is 5.82.